The first kappa shape index (κ1) is 17.2. The third-order valence-corrected chi connectivity index (χ3v) is 5.84. The van der Waals surface area contributed by atoms with Gasteiger partial charge in [0.2, 0.25) is 5.91 Å². The Bertz CT molecular complexity index is 955. The SMILES string of the molecule is O=C1C[C@@H](c2cnc(C3CCCCC3)nc2)c2cnn(Cc3ccco3)c2N1. The number of furan rings is 1. The molecule has 1 aliphatic heterocycles. The summed E-state index contributed by atoms with van der Waals surface area (Å²) in [5.41, 5.74) is 1.97. The summed E-state index contributed by atoms with van der Waals surface area (Å²) in [4.78, 5) is 21.7. The average molecular weight is 377 g/mol. The number of hydrogen-bond acceptors (Lipinski definition) is 5. The van der Waals surface area contributed by atoms with E-state index in [2.05, 4.69) is 20.4 Å². The van der Waals surface area contributed by atoms with Crippen molar-refractivity contribution in [2.45, 2.75) is 56.9 Å². The number of anilines is 1. The van der Waals surface area contributed by atoms with Gasteiger partial charge >= 0.3 is 0 Å². The fraction of sp³-hybridized carbons (Fsp3) is 0.429. The molecule has 1 N–H and O–H groups in total. The molecule has 28 heavy (non-hydrogen) atoms. The van der Waals surface area contributed by atoms with Gasteiger partial charge in [-0.25, -0.2) is 14.6 Å². The van der Waals surface area contributed by atoms with Gasteiger partial charge in [0, 0.05) is 36.2 Å². The smallest absolute Gasteiger partial charge is 0.226 e. The Morgan fingerprint density at radius 3 is 2.71 bits per heavy atom. The molecule has 1 saturated carbocycles. The predicted molar refractivity (Wildman–Crippen MR) is 103 cm³/mol. The number of amides is 1. The Morgan fingerprint density at radius 2 is 1.96 bits per heavy atom. The molecule has 2 aliphatic rings. The second kappa shape index (κ2) is 7.22. The van der Waals surface area contributed by atoms with E-state index in [1.807, 2.05) is 30.7 Å². The van der Waals surface area contributed by atoms with E-state index in [0.717, 1.165) is 28.5 Å². The lowest BCUT2D eigenvalue weighted by atomic mass is 9.87. The third kappa shape index (κ3) is 3.21. The number of carbonyl (C=O) groups is 1. The maximum Gasteiger partial charge on any atom is 0.226 e. The quantitative estimate of drug-likeness (QED) is 0.747. The van der Waals surface area contributed by atoms with Gasteiger partial charge in [-0.3, -0.25) is 4.79 Å². The fourth-order valence-corrected chi connectivity index (χ4v) is 4.34. The summed E-state index contributed by atoms with van der Waals surface area (Å²) in [6.45, 7) is 0.479. The molecule has 0 aromatic carbocycles. The van der Waals surface area contributed by atoms with Gasteiger partial charge in [-0.15, -0.1) is 0 Å². The van der Waals surface area contributed by atoms with Crippen molar-refractivity contribution >= 4 is 11.7 Å². The second-order valence-electron chi connectivity index (χ2n) is 7.70. The van der Waals surface area contributed by atoms with Crippen LogP contribution in [0.4, 0.5) is 5.82 Å². The van der Waals surface area contributed by atoms with Gasteiger partial charge < -0.3 is 9.73 Å². The van der Waals surface area contributed by atoms with E-state index in [-0.39, 0.29) is 11.8 Å². The van der Waals surface area contributed by atoms with Gasteiger partial charge in [-0.2, -0.15) is 5.10 Å². The van der Waals surface area contributed by atoms with Crippen LogP contribution in [0.1, 0.15) is 73.1 Å². The molecule has 3 aromatic heterocycles. The molecule has 0 radical (unpaired) electrons. The number of hydrogen-bond donors (Lipinski definition) is 1. The maximum atomic E-state index is 12.4. The number of rotatable bonds is 4. The Labute approximate surface area is 163 Å². The third-order valence-electron chi connectivity index (χ3n) is 5.84. The molecule has 4 heterocycles. The Morgan fingerprint density at radius 1 is 1.14 bits per heavy atom. The Hall–Kier alpha value is -2.96. The van der Waals surface area contributed by atoms with Crippen molar-refractivity contribution in [2.24, 2.45) is 0 Å². The van der Waals surface area contributed by atoms with E-state index in [0.29, 0.717) is 18.9 Å². The summed E-state index contributed by atoms with van der Waals surface area (Å²) in [5, 5.41) is 7.44. The highest BCUT2D eigenvalue weighted by molar-refractivity contribution is 5.94. The molecule has 1 atom stereocenters. The standard InChI is InChI=1S/C21H23N5O2/c27-19-9-17(15-10-22-20(23-11-15)14-5-2-1-3-6-14)18-12-24-26(21(18)25-19)13-16-7-4-8-28-16/h4,7-8,10-12,14,17H,1-3,5-6,9,13H2,(H,25,27)/t17-/m0/s1. The molecule has 0 bridgehead atoms. The molecule has 1 amide bonds. The summed E-state index contributed by atoms with van der Waals surface area (Å²) in [5.74, 6) is 2.85. The van der Waals surface area contributed by atoms with Crippen LogP contribution in [0.3, 0.4) is 0 Å². The molecule has 0 spiro atoms. The first-order valence-electron chi connectivity index (χ1n) is 9.97. The van der Waals surface area contributed by atoms with E-state index in [9.17, 15) is 4.79 Å². The fourth-order valence-electron chi connectivity index (χ4n) is 4.34. The van der Waals surface area contributed by atoms with Crippen LogP contribution in [0.5, 0.6) is 0 Å². The number of nitrogens with one attached hydrogen (secondary N) is 1. The minimum atomic E-state index is -0.0745. The Kier molecular flexibility index (Phi) is 4.43. The van der Waals surface area contributed by atoms with Crippen molar-refractivity contribution in [1.29, 1.82) is 0 Å². The highest BCUT2D eigenvalue weighted by Crippen LogP contribution is 2.37. The molecule has 3 aromatic rings. The molecule has 1 aliphatic carbocycles. The van der Waals surface area contributed by atoms with Crippen LogP contribution in [-0.4, -0.2) is 25.7 Å². The van der Waals surface area contributed by atoms with Crippen molar-refractivity contribution in [1.82, 2.24) is 19.7 Å². The normalized spacial score (nSPS) is 20.0. The number of carbonyl (C=O) groups excluding carboxylic acids is 1. The summed E-state index contributed by atoms with van der Waals surface area (Å²) in [6, 6.07) is 3.74. The summed E-state index contributed by atoms with van der Waals surface area (Å²) < 4.78 is 7.19. The number of fused-ring (bicyclic) bond motifs is 1. The molecule has 144 valence electrons. The van der Waals surface area contributed by atoms with Crippen LogP contribution in [0.15, 0.2) is 41.4 Å². The highest BCUT2D eigenvalue weighted by Gasteiger charge is 2.31. The predicted octanol–water partition coefficient (Wildman–Crippen LogP) is 3.84. The van der Waals surface area contributed by atoms with E-state index in [1.54, 1.807) is 10.9 Å². The molecule has 7 heteroatoms. The van der Waals surface area contributed by atoms with Crippen LogP contribution in [-0.2, 0) is 11.3 Å². The zero-order valence-corrected chi connectivity index (χ0v) is 15.7. The minimum Gasteiger partial charge on any atom is -0.467 e. The van der Waals surface area contributed by atoms with E-state index < -0.39 is 0 Å². The van der Waals surface area contributed by atoms with Gasteiger partial charge in [-0.1, -0.05) is 19.3 Å². The lowest BCUT2D eigenvalue weighted by Gasteiger charge is -2.24. The number of nitrogens with zero attached hydrogens (tertiary/aromatic N) is 4. The second-order valence-corrected chi connectivity index (χ2v) is 7.70. The maximum absolute atomic E-state index is 12.4. The molecule has 0 saturated heterocycles. The highest BCUT2D eigenvalue weighted by atomic mass is 16.3. The number of aromatic nitrogens is 4. The van der Waals surface area contributed by atoms with Crippen LogP contribution in [0.2, 0.25) is 0 Å². The average Bonchev–Trinajstić information content (AvgIpc) is 3.39. The lowest BCUT2D eigenvalue weighted by Crippen LogP contribution is -2.25. The summed E-state index contributed by atoms with van der Waals surface area (Å²) in [7, 11) is 0. The first-order chi connectivity index (χ1) is 13.8. The zero-order valence-electron chi connectivity index (χ0n) is 15.7. The van der Waals surface area contributed by atoms with Gasteiger partial charge in [-0.05, 0) is 30.5 Å². The van der Waals surface area contributed by atoms with Crippen molar-refractivity contribution in [3.8, 4) is 0 Å². The largest absolute Gasteiger partial charge is 0.467 e. The Balaban J connectivity index is 1.42. The monoisotopic (exact) mass is 377 g/mol. The molecule has 5 rings (SSSR count). The topological polar surface area (TPSA) is 85.8 Å². The molecule has 1 fully saturated rings. The zero-order chi connectivity index (χ0) is 18.9. The molecular formula is C21H23N5O2. The summed E-state index contributed by atoms with van der Waals surface area (Å²) in [6.07, 6.45) is 13.8. The van der Waals surface area contributed by atoms with Gasteiger partial charge in [0.1, 0.15) is 23.9 Å². The van der Waals surface area contributed by atoms with Gasteiger partial charge in [0.25, 0.3) is 0 Å². The summed E-state index contributed by atoms with van der Waals surface area (Å²) >= 11 is 0. The van der Waals surface area contributed by atoms with Crippen LogP contribution >= 0.6 is 0 Å². The van der Waals surface area contributed by atoms with Gasteiger partial charge in [0.05, 0.1) is 12.5 Å². The van der Waals surface area contributed by atoms with Crippen LogP contribution < -0.4 is 5.32 Å². The van der Waals surface area contributed by atoms with E-state index >= 15 is 0 Å². The van der Waals surface area contributed by atoms with Crippen molar-refractivity contribution in [3.05, 3.63) is 59.7 Å². The minimum absolute atomic E-state index is 0.0185. The lowest BCUT2D eigenvalue weighted by molar-refractivity contribution is -0.116. The van der Waals surface area contributed by atoms with Crippen molar-refractivity contribution < 1.29 is 9.21 Å². The first-order valence-corrected chi connectivity index (χ1v) is 9.97. The molecule has 7 nitrogen and oxygen atoms in total. The van der Waals surface area contributed by atoms with E-state index in [4.69, 9.17) is 4.42 Å². The molecule has 0 unspecified atom stereocenters. The molecular weight excluding hydrogens is 354 g/mol. The van der Waals surface area contributed by atoms with Crippen molar-refractivity contribution in [3.63, 3.8) is 0 Å². The van der Waals surface area contributed by atoms with Crippen LogP contribution in [0, 0.1) is 0 Å². The van der Waals surface area contributed by atoms with E-state index in [1.165, 1.54) is 32.1 Å². The van der Waals surface area contributed by atoms with Crippen LogP contribution in [0.25, 0.3) is 0 Å². The van der Waals surface area contributed by atoms with Gasteiger partial charge in [0.15, 0.2) is 0 Å². The van der Waals surface area contributed by atoms with Crippen molar-refractivity contribution in [2.75, 3.05) is 5.32 Å².